The zero-order valence-electron chi connectivity index (χ0n) is 11.5. The fourth-order valence-corrected chi connectivity index (χ4v) is 2.75. The second kappa shape index (κ2) is 5.17. The van der Waals surface area contributed by atoms with Gasteiger partial charge in [0, 0.05) is 19.7 Å². The van der Waals surface area contributed by atoms with Crippen molar-refractivity contribution in [2.75, 3.05) is 19.7 Å². The van der Waals surface area contributed by atoms with Crippen molar-refractivity contribution in [3.8, 4) is 0 Å². The molecule has 0 radical (unpaired) electrons. The summed E-state index contributed by atoms with van der Waals surface area (Å²) in [6.45, 7) is 14.5. The van der Waals surface area contributed by atoms with Gasteiger partial charge >= 0.3 is 0 Å². The van der Waals surface area contributed by atoms with Gasteiger partial charge in [-0.3, -0.25) is 5.84 Å². The van der Waals surface area contributed by atoms with E-state index in [1.54, 1.807) is 0 Å². The van der Waals surface area contributed by atoms with Crippen LogP contribution in [0.4, 0.5) is 0 Å². The molecule has 96 valence electrons. The average molecular weight is 244 g/mol. The molecule has 1 saturated heterocycles. The summed E-state index contributed by atoms with van der Waals surface area (Å²) >= 11 is 0. The quantitative estimate of drug-likeness (QED) is 0.612. The highest BCUT2D eigenvalue weighted by molar-refractivity contribution is 6.74. The van der Waals surface area contributed by atoms with Crippen molar-refractivity contribution in [1.29, 1.82) is 0 Å². The average Bonchev–Trinajstić information content (AvgIpc) is 2.15. The fraction of sp³-hybridized carbons (Fsp3) is 1.00. The van der Waals surface area contributed by atoms with Crippen LogP contribution in [0.5, 0.6) is 0 Å². The maximum Gasteiger partial charge on any atom is 0.191 e. The number of hydrogen-bond acceptors (Lipinski definition) is 3. The van der Waals surface area contributed by atoms with E-state index in [-0.39, 0.29) is 0 Å². The summed E-state index contributed by atoms with van der Waals surface area (Å²) in [6, 6.07) is 0. The summed E-state index contributed by atoms with van der Waals surface area (Å²) in [6.07, 6.45) is 2.37. The minimum Gasteiger partial charge on any atom is -0.417 e. The Balaban J connectivity index is 2.34. The summed E-state index contributed by atoms with van der Waals surface area (Å²) < 4.78 is 6.25. The molecule has 0 aromatic heterocycles. The molecule has 1 heterocycles. The van der Waals surface area contributed by atoms with Gasteiger partial charge in [0.2, 0.25) is 0 Å². The van der Waals surface area contributed by atoms with Crippen molar-refractivity contribution < 1.29 is 4.43 Å². The molecule has 1 aliphatic heterocycles. The monoisotopic (exact) mass is 244 g/mol. The molecule has 2 N–H and O–H groups in total. The smallest absolute Gasteiger partial charge is 0.191 e. The van der Waals surface area contributed by atoms with E-state index in [0.29, 0.717) is 11.0 Å². The summed E-state index contributed by atoms with van der Waals surface area (Å²) in [7, 11) is -1.55. The maximum atomic E-state index is 6.25. The Labute approximate surface area is 101 Å². The van der Waals surface area contributed by atoms with Crippen molar-refractivity contribution in [3.63, 3.8) is 0 Å². The molecule has 0 spiro atoms. The number of nitrogens with zero attached hydrogens (tertiary/aromatic N) is 1. The predicted octanol–water partition coefficient (Wildman–Crippen LogP) is 2.59. The Kier molecular flexibility index (Phi) is 4.57. The van der Waals surface area contributed by atoms with E-state index in [1.807, 2.05) is 5.01 Å². The molecule has 0 amide bonds. The summed E-state index contributed by atoms with van der Waals surface area (Å²) in [5.41, 5.74) is 0. The Bertz CT molecular complexity index is 218. The van der Waals surface area contributed by atoms with Crippen molar-refractivity contribution in [3.05, 3.63) is 0 Å². The number of nitrogens with two attached hydrogens (primary N) is 1. The van der Waals surface area contributed by atoms with Crippen molar-refractivity contribution in [1.82, 2.24) is 5.01 Å². The molecule has 1 fully saturated rings. The van der Waals surface area contributed by atoms with Crippen LogP contribution in [0.25, 0.3) is 0 Å². The molecule has 0 unspecified atom stereocenters. The number of hydrazine groups is 1. The first-order valence-electron chi connectivity index (χ1n) is 6.36. The number of rotatable bonds is 3. The molecule has 0 bridgehead atoms. The van der Waals surface area contributed by atoms with Gasteiger partial charge in [-0.05, 0) is 36.9 Å². The van der Waals surface area contributed by atoms with Gasteiger partial charge < -0.3 is 4.43 Å². The van der Waals surface area contributed by atoms with Crippen LogP contribution in [-0.2, 0) is 4.43 Å². The third kappa shape index (κ3) is 3.84. The highest BCUT2D eigenvalue weighted by atomic mass is 28.4. The molecule has 3 nitrogen and oxygen atoms in total. The van der Waals surface area contributed by atoms with Crippen LogP contribution < -0.4 is 5.84 Å². The van der Waals surface area contributed by atoms with E-state index < -0.39 is 8.32 Å². The minimum absolute atomic E-state index is 0.321. The van der Waals surface area contributed by atoms with Gasteiger partial charge in [-0.15, -0.1) is 0 Å². The van der Waals surface area contributed by atoms with E-state index in [4.69, 9.17) is 10.3 Å². The maximum absolute atomic E-state index is 6.25. The van der Waals surface area contributed by atoms with Crippen LogP contribution in [-0.4, -0.2) is 33.0 Å². The van der Waals surface area contributed by atoms with E-state index >= 15 is 0 Å². The van der Waals surface area contributed by atoms with Gasteiger partial charge in [-0.1, -0.05) is 20.8 Å². The zero-order chi connectivity index (χ0) is 12.4. The second-order valence-corrected chi connectivity index (χ2v) is 11.4. The summed E-state index contributed by atoms with van der Waals surface area (Å²) in [4.78, 5) is 0. The first kappa shape index (κ1) is 14.2. The third-order valence-electron chi connectivity index (χ3n) is 4.14. The van der Waals surface area contributed by atoms with Gasteiger partial charge in [0.25, 0.3) is 0 Å². The van der Waals surface area contributed by atoms with E-state index in [2.05, 4.69) is 33.9 Å². The van der Waals surface area contributed by atoms with Crippen LogP contribution in [0.3, 0.4) is 0 Å². The number of hydrogen-bond donors (Lipinski definition) is 1. The summed E-state index contributed by atoms with van der Waals surface area (Å²) in [5, 5.41) is 2.24. The van der Waals surface area contributed by atoms with Gasteiger partial charge in [-0.2, -0.15) is 0 Å². The molecular weight excluding hydrogens is 216 g/mol. The molecule has 1 aliphatic rings. The Hall–Kier alpha value is 0.0969. The molecule has 0 aromatic carbocycles. The third-order valence-corrected chi connectivity index (χ3v) is 8.64. The number of piperidine rings is 1. The Morgan fingerprint density at radius 3 is 2.19 bits per heavy atom. The lowest BCUT2D eigenvalue weighted by Crippen LogP contribution is -2.44. The lowest BCUT2D eigenvalue weighted by atomic mass is 9.99. The van der Waals surface area contributed by atoms with Crippen LogP contribution in [0.1, 0.15) is 33.6 Å². The molecule has 0 aromatic rings. The van der Waals surface area contributed by atoms with E-state index in [0.717, 1.165) is 19.7 Å². The highest BCUT2D eigenvalue weighted by Crippen LogP contribution is 2.37. The van der Waals surface area contributed by atoms with Gasteiger partial charge in [0.1, 0.15) is 0 Å². The van der Waals surface area contributed by atoms with E-state index in [1.165, 1.54) is 12.8 Å². The zero-order valence-corrected chi connectivity index (χ0v) is 12.5. The van der Waals surface area contributed by atoms with Gasteiger partial charge in [0.15, 0.2) is 8.32 Å². The molecule has 1 rings (SSSR count). The Morgan fingerprint density at radius 1 is 1.25 bits per heavy atom. The van der Waals surface area contributed by atoms with Crippen LogP contribution in [0.2, 0.25) is 18.1 Å². The molecule has 0 atom stereocenters. The molecule has 16 heavy (non-hydrogen) atoms. The SMILES string of the molecule is CC(C)(C)[Si](C)(C)OCC1CCN(N)CC1. The first-order chi connectivity index (χ1) is 7.22. The normalized spacial score (nSPS) is 21.4. The van der Waals surface area contributed by atoms with Crippen molar-refractivity contribution in [2.45, 2.75) is 51.7 Å². The Morgan fingerprint density at radius 2 is 1.75 bits per heavy atom. The summed E-state index contributed by atoms with van der Waals surface area (Å²) in [5.74, 6) is 6.47. The van der Waals surface area contributed by atoms with E-state index in [9.17, 15) is 0 Å². The molecule has 4 heteroatoms. The van der Waals surface area contributed by atoms with Crippen molar-refractivity contribution >= 4 is 8.32 Å². The highest BCUT2D eigenvalue weighted by Gasteiger charge is 2.37. The lowest BCUT2D eigenvalue weighted by molar-refractivity contribution is 0.136. The van der Waals surface area contributed by atoms with Crippen molar-refractivity contribution in [2.24, 2.45) is 11.8 Å². The van der Waals surface area contributed by atoms with Crippen LogP contribution >= 0.6 is 0 Å². The second-order valence-electron chi connectivity index (χ2n) is 6.55. The predicted molar refractivity (Wildman–Crippen MR) is 71.6 cm³/mol. The largest absolute Gasteiger partial charge is 0.417 e. The topological polar surface area (TPSA) is 38.5 Å². The van der Waals surface area contributed by atoms with Gasteiger partial charge in [-0.25, -0.2) is 5.01 Å². The lowest BCUT2D eigenvalue weighted by Gasteiger charge is -2.38. The standard InChI is InChI=1S/C12H28N2OSi/c1-12(2,3)16(4,5)15-10-11-6-8-14(13)9-7-11/h11H,6-10,13H2,1-5H3. The molecule has 0 saturated carbocycles. The van der Waals surface area contributed by atoms with Crippen LogP contribution in [0.15, 0.2) is 0 Å². The fourth-order valence-electron chi connectivity index (χ4n) is 1.66. The van der Waals surface area contributed by atoms with Gasteiger partial charge in [0.05, 0.1) is 0 Å². The first-order valence-corrected chi connectivity index (χ1v) is 9.27. The van der Waals surface area contributed by atoms with Crippen LogP contribution in [0, 0.1) is 5.92 Å². The molecule has 0 aliphatic carbocycles. The minimum atomic E-state index is -1.55. The molecular formula is C12H28N2OSi.